The van der Waals surface area contributed by atoms with Gasteiger partial charge in [-0.05, 0) is 36.6 Å². The van der Waals surface area contributed by atoms with E-state index >= 15 is 0 Å². The van der Waals surface area contributed by atoms with Gasteiger partial charge in [-0.15, -0.1) is 0 Å². The van der Waals surface area contributed by atoms with E-state index < -0.39 is 23.3 Å². The Kier molecular flexibility index (Phi) is 8.62. The number of nitrogens with zero attached hydrogens (tertiary/aromatic N) is 3. The van der Waals surface area contributed by atoms with E-state index in [1.54, 1.807) is 36.5 Å². The maximum absolute atomic E-state index is 13.5. The summed E-state index contributed by atoms with van der Waals surface area (Å²) in [5.74, 6) is -1.27. The van der Waals surface area contributed by atoms with Gasteiger partial charge in [-0.25, -0.2) is 4.68 Å². The predicted molar refractivity (Wildman–Crippen MR) is 125 cm³/mol. The molecule has 0 unspecified atom stereocenters. The lowest BCUT2D eigenvalue weighted by atomic mass is 10.0. The molecule has 2 heterocycles. The number of amides is 2. The summed E-state index contributed by atoms with van der Waals surface area (Å²) >= 11 is 0. The van der Waals surface area contributed by atoms with Crippen LogP contribution in [0.2, 0.25) is 0 Å². The second-order valence-corrected chi connectivity index (χ2v) is 8.01. The van der Waals surface area contributed by atoms with Gasteiger partial charge in [0.25, 0.3) is 11.8 Å². The third-order valence-corrected chi connectivity index (χ3v) is 5.26. The van der Waals surface area contributed by atoms with Gasteiger partial charge in [0.15, 0.2) is 5.69 Å². The Morgan fingerprint density at radius 3 is 2.17 bits per heavy atom. The number of hydrogen-bond donors (Lipinski definition) is 2. The van der Waals surface area contributed by atoms with E-state index in [9.17, 15) is 22.8 Å². The summed E-state index contributed by atoms with van der Waals surface area (Å²) in [5.41, 5.74) is 0.818. The van der Waals surface area contributed by atoms with Crippen molar-refractivity contribution in [2.45, 2.75) is 45.7 Å². The van der Waals surface area contributed by atoms with Crippen molar-refractivity contribution >= 4 is 11.8 Å². The minimum atomic E-state index is -4.80. The summed E-state index contributed by atoms with van der Waals surface area (Å²) in [6.07, 6.45) is 1.17. The number of para-hydroxylation sites is 1. The van der Waals surface area contributed by atoms with Crippen LogP contribution in [0.3, 0.4) is 0 Å². The molecule has 2 aromatic heterocycles. The zero-order valence-electron chi connectivity index (χ0n) is 19.7. The van der Waals surface area contributed by atoms with Crippen LogP contribution in [0.4, 0.5) is 13.2 Å². The number of carbonyl (C=O) groups is 2. The van der Waals surface area contributed by atoms with Crippen LogP contribution in [0.5, 0.6) is 0 Å². The Labute approximate surface area is 201 Å². The Morgan fingerprint density at radius 1 is 0.943 bits per heavy atom. The van der Waals surface area contributed by atoms with Gasteiger partial charge < -0.3 is 10.6 Å². The van der Waals surface area contributed by atoms with E-state index in [2.05, 4.69) is 27.6 Å². The first-order valence-electron chi connectivity index (χ1n) is 11.5. The molecule has 186 valence electrons. The van der Waals surface area contributed by atoms with Crippen molar-refractivity contribution in [1.29, 1.82) is 0 Å². The molecule has 0 spiro atoms. The van der Waals surface area contributed by atoms with E-state index in [0.717, 1.165) is 47.8 Å². The number of alkyl halides is 3. The molecule has 0 aliphatic carbocycles. The van der Waals surface area contributed by atoms with E-state index in [1.807, 2.05) is 13.0 Å². The lowest BCUT2D eigenvalue weighted by molar-refractivity contribution is -0.141. The fourth-order valence-corrected chi connectivity index (χ4v) is 3.62. The van der Waals surface area contributed by atoms with E-state index in [4.69, 9.17) is 0 Å². The van der Waals surface area contributed by atoms with Gasteiger partial charge in [-0.3, -0.25) is 14.6 Å². The Morgan fingerprint density at radius 2 is 1.57 bits per heavy atom. The highest BCUT2D eigenvalue weighted by molar-refractivity contribution is 5.96. The van der Waals surface area contributed by atoms with Crippen LogP contribution in [0, 0.1) is 0 Å². The van der Waals surface area contributed by atoms with Crippen molar-refractivity contribution in [1.82, 2.24) is 25.4 Å². The minimum absolute atomic E-state index is 0.0427. The molecule has 7 nitrogen and oxygen atoms in total. The summed E-state index contributed by atoms with van der Waals surface area (Å²) < 4.78 is 41.5. The molecule has 2 N–H and O–H groups in total. The van der Waals surface area contributed by atoms with Gasteiger partial charge in [0.05, 0.1) is 16.8 Å². The van der Waals surface area contributed by atoms with Gasteiger partial charge in [-0.1, -0.05) is 44.9 Å². The molecule has 0 radical (unpaired) electrons. The zero-order chi connectivity index (χ0) is 25.4. The molecule has 0 bridgehead atoms. The van der Waals surface area contributed by atoms with Crippen LogP contribution >= 0.6 is 0 Å². The molecule has 10 heteroatoms. The SMILES string of the molecule is CCCc1cc(CCC)c(C(=O)NCCNC(=O)c2cn(-c3ccccc3)nc2C(F)(F)F)cn1. The number of carbonyl (C=O) groups excluding carboxylic acids is 2. The fourth-order valence-electron chi connectivity index (χ4n) is 3.62. The maximum atomic E-state index is 13.5. The average Bonchev–Trinajstić information content (AvgIpc) is 3.29. The average molecular weight is 488 g/mol. The molecule has 1 aromatic carbocycles. The van der Waals surface area contributed by atoms with E-state index in [1.165, 1.54) is 0 Å². The third-order valence-electron chi connectivity index (χ3n) is 5.26. The summed E-state index contributed by atoms with van der Waals surface area (Å²) in [5, 5.41) is 8.69. The number of pyridine rings is 1. The van der Waals surface area contributed by atoms with Crippen molar-refractivity contribution in [3.63, 3.8) is 0 Å². The minimum Gasteiger partial charge on any atom is -0.350 e. The topological polar surface area (TPSA) is 88.9 Å². The Balaban J connectivity index is 1.64. The Bertz CT molecular complexity index is 1160. The van der Waals surface area contributed by atoms with Crippen molar-refractivity contribution in [2.75, 3.05) is 13.1 Å². The van der Waals surface area contributed by atoms with Gasteiger partial charge in [0, 0.05) is 31.2 Å². The first kappa shape index (κ1) is 25.9. The largest absolute Gasteiger partial charge is 0.435 e. The molecule has 0 atom stereocenters. The number of hydrogen-bond acceptors (Lipinski definition) is 4. The van der Waals surface area contributed by atoms with Crippen LogP contribution < -0.4 is 10.6 Å². The second-order valence-electron chi connectivity index (χ2n) is 8.01. The smallest absolute Gasteiger partial charge is 0.350 e. The molecule has 0 aliphatic rings. The first-order chi connectivity index (χ1) is 16.7. The molecule has 0 saturated carbocycles. The molecule has 3 aromatic rings. The lowest BCUT2D eigenvalue weighted by Gasteiger charge is -2.12. The van der Waals surface area contributed by atoms with Crippen LogP contribution in [0.1, 0.15) is 64.4 Å². The molecule has 0 aliphatic heterocycles. The van der Waals surface area contributed by atoms with Crippen LogP contribution in [0.25, 0.3) is 5.69 Å². The van der Waals surface area contributed by atoms with E-state index in [-0.39, 0.29) is 19.0 Å². The Hall–Kier alpha value is -3.69. The van der Waals surface area contributed by atoms with Gasteiger partial charge in [-0.2, -0.15) is 18.3 Å². The van der Waals surface area contributed by atoms with E-state index in [0.29, 0.717) is 11.3 Å². The fraction of sp³-hybridized carbons (Fsp3) is 0.360. The number of benzene rings is 1. The highest BCUT2D eigenvalue weighted by Gasteiger charge is 2.39. The van der Waals surface area contributed by atoms with Crippen molar-refractivity contribution in [3.8, 4) is 5.69 Å². The molecular formula is C25H28F3N5O2. The molecule has 0 saturated heterocycles. The van der Waals surface area contributed by atoms with Crippen molar-refractivity contribution in [3.05, 3.63) is 76.9 Å². The number of aromatic nitrogens is 3. The molecular weight excluding hydrogens is 459 g/mol. The standard InChI is InChI=1S/C25H28F3N5O2/c1-3-8-17-14-18(9-4-2)31-15-20(17)23(34)29-12-13-30-24(35)21-16-33(19-10-6-5-7-11-19)32-22(21)25(26,27)28/h5-7,10-11,14-16H,3-4,8-9,12-13H2,1-2H3,(H,29,34)(H,30,35). The highest BCUT2D eigenvalue weighted by atomic mass is 19.4. The molecule has 0 fully saturated rings. The normalized spacial score (nSPS) is 11.3. The van der Waals surface area contributed by atoms with Gasteiger partial charge >= 0.3 is 6.18 Å². The predicted octanol–water partition coefficient (Wildman–Crippen LogP) is 4.35. The molecule has 2 amide bonds. The number of rotatable bonds is 10. The number of nitrogens with one attached hydrogen (secondary N) is 2. The second kappa shape index (κ2) is 11.6. The van der Waals surface area contributed by atoms with Crippen molar-refractivity contribution < 1.29 is 22.8 Å². The maximum Gasteiger partial charge on any atom is 0.435 e. The highest BCUT2D eigenvalue weighted by Crippen LogP contribution is 2.31. The van der Waals surface area contributed by atoms with Crippen LogP contribution in [-0.2, 0) is 19.0 Å². The quantitative estimate of drug-likeness (QED) is 0.416. The van der Waals surface area contributed by atoms with Gasteiger partial charge in [0.2, 0.25) is 0 Å². The lowest BCUT2D eigenvalue weighted by Crippen LogP contribution is -2.35. The van der Waals surface area contributed by atoms with Crippen molar-refractivity contribution in [2.24, 2.45) is 0 Å². The number of halogens is 3. The molecule has 3 rings (SSSR count). The third kappa shape index (κ3) is 6.68. The van der Waals surface area contributed by atoms with Crippen LogP contribution in [0.15, 0.2) is 48.8 Å². The zero-order valence-corrected chi connectivity index (χ0v) is 19.7. The summed E-state index contributed by atoms with van der Waals surface area (Å²) in [6.45, 7) is 4.07. The monoisotopic (exact) mass is 487 g/mol. The first-order valence-corrected chi connectivity index (χ1v) is 11.5. The molecule has 35 heavy (non-hydrogen) atoms. The van der Waals surface area contributed by atoms with Crippen LogP contribution in [-0.4, -0.2) is 39.7 Å². The van der Waals surface area contributed by atoms with Gasteiger partial charge in [0.1, 0.15) is 0 Å². The summed E-state index contributed by atoms with van der Waals surface area (Å²) in [7, 11) is 0. The number of aryl methyl sites for hydroxylation is 2. The summed E-state index contributed by atoms with van der Waals surface area (Å²) in [4.78, 5) is 29.5. The summed E-state index contributed by atoms with van der Waals surface area (Å²) in [6, 6.07) is 10.1.